The van der Waals surface area contributed by atoms with Gasteiger partial charge in [0.25, 0.3) is 5.91 Å². The molecule has 2 aromatic carbocycles. The van der Waals surface area contributed by atoms with Crippen LogP contribution in [0.4, 0.5) is 0 Å². The maximum absolute atomic E-state index is 12.3. The number of methoxy groups -OCH3 is 1. The fraction of sp³-hybridized carbons (Fsp3) is 0.143. The van der Waals surface area contributed by atoms with Crippen LogP contribution in [0.5, 0.6) is 5.75 Å². The Balaban J connectivity index is 1.60. The van der Waals surface area contributed by atoms with Crippen molar-refractivity contribution in [1.29, 1.82) is 0 Å². The molecule has 0 saturated carbocycles. The van der Waals surface area contributed by atoms with E-state index in [1.807, 2.05) is 71.5 Å². The van der Waals surface area contributed by atoms with Gasteiger partial charge in [0.05, 0.1) is 18.6 Å². The van der Waals surface area contributed by atoms with Gasteiger partial charge in [0, 0.05) is 11.1 Å². The van der Waals surface area contributed by atoms with Gasteiger partial charge in [-0.2, -0.15) is 0 Å². The molecule has 0 aliphatic rings. The summed E-state index contributed by atoms with van der Waals surface area (Å²) in [6, 6.07) is 17.8. The first-order valence-corrected chi connectivity index (χ1v) is 12.0. The van der Waals surface area contributed by atoms with Gasteiger partial charge >= 0.3 is 0 Å². The molecule has 0 atom stereocenters. The second-order valence-corrected chi connectivity index (χ2v) is 9.57. The van der Waals surface area contributed by atoms with E-state index in [2.05, 4.69) is 20.7 Å². The molecule has 0 saturated heterocycles. The molecule has 158 valence electrons. The van der Waals surface area contributed by atoms with Gasteiger partial charge in [0.15, 0.2) is 4.34 Å². The molecule has 0 fully saturated rings. The van der Waals surface area contributed by atoms with Gasteiger partial charge in [0.1, 0.15) is 10.8 Å². The van der Waals surface area contributed by atoms with E-state index in [0.717, 1.165) is 32.0 Å². The minimum absolute atomic E-state index is 0.197. The van der Waals surface area contributed by atoms with Gasteiger partial charge in [-0.05, 0) is 48.9 Å². The van der Waals surface area contributed by atoms with E-state index in [1.54, 1.807) is 7.11 Å². The van der Waals surface area contributed by atoms with Crippen molar-refractivity contribution in [3.63, 3.8) is 0 Å². The molecule has 0 radical (unpaired) electrons. The summed E-state index contributed by atoms with van der Waals surface area (Å²) in [5, 5.41) is 15.3. The Kier molecular flexibility index (Phi) is 6.80. The number of rotatable bonds is 7. The van der Waals surface area contributed by atoms with Crippen molar-refractivity contribution < 1.29 is 9.53 Å². The highest BCUT2D eigenvalue weighted by Gasteiger charge is 2.11. The van der Waals surface area contributed by atoms with Crippen LogP contribution in [0.3, 0.4) is 0 Å². The van der Waals surface area contributed by atoms with Crippen molar-refractivity contribution in [3.8, 4) is 22.7 Å². The van der Waals surface area contributed by atoms with Crippen LogP contribution in [0.15, 0.2) is 69.4 Å². The predicted molar refractivity (Wildman–Crippen MR) is 125 cm³/mol. The van der Waals surface area contributed by atoms with E-state index < -0.39 is 0 Å². The number of nitrogens with zero attached hydrogens (tertiary/aromatic N) is 4. The summed E-state index contributed by atoms with van der Waals surface area (Å²) in [5.74, 6) is 0.822. The molecule has 0 unspecified atom stereocenters. The average molecular weight is 470 g/mol. The fourth-order valence-electron chi connectivity index (χ4n) is 2.79. The third-order valence-electron chi connectivity index (χ3n) is 4.22. The predicted octanol–water partition coefficient (Wildman–Crippen LogP) is 4.10. The monoisotopic (exact) mass is 469 g/mol. The summed E-state index contributed by atoms with van der Waals surface area (Å²) in [4.78, 5) is 13.0. The topological polar surface area (TPSA) is 81.4 Å². The molecule has 2 aromatic heterocycles. The molecule has 7 nitrogen and oxygen atoms in total. The lowest BCUT2D eigenvalue weighted by atomic mass is 10.1. The Labute approximate surface area is 191 Å². The van der Waals surface area contributed by atoms with Crippen molar-refractivity contribution in [1.82, 2.24) is 20.2 Å². The summed E-state index contributed by atoms with van der Waals surface area (Å²) >= 11 is 4.27. The van der Waals surface area contributed by atoms with Gasteiger partial charge in [-0.3, -0.25) is 9.36 Å². The second-order valence-electron chi connectivity index (χ2n) is 6.33. The van der Waals surface area contributed by atoms with E-state index in [-0.39, 0.29) is 11.7 Å². The number of carbonyl (C=O) groups excluding carboxylic acids is 1. The number of carbonyl (C=O) groups is 1. The zero-order valence-electron chi connectivity index (χ0n) is 16.8. The third-order valence-corrected chi connectivity index (χ3v) is 7.02. The van der Waals surface area contributed by atoms with Crippen LogP contribution < -0.4 is 15.0 Å². The number of thioether (sulfide) groups is 1. The van der Waals surface area contributed by atoms with Crippen molar-refractivity contribution in [2.75, 3.05) is 12.9 Å². The number of ether oxygens (including phenoxy) is 1. The van der Waals surface area contributed by atoms with Gasteiger partial charge in [-0.1, -0.05) is 41.3 Å². The van der Waals surface area contributed by atoms with Gasteiger partial charge in [0.2, 0.25) is 4.80 Å². The van der Waals surface area contributed by atoms with Crippen LogP contribution in [-0.4, -0.2) is 33.5 Å². The SMILES string of the molecule is COc1ccc(-c2cs/c(=N/NC(=O)CSc3nnc(C)s3)n2-c2ccccc2)cc1. The first kappa shape index (κ1) is 21.3. The quantitative estimate of drug-likeness (QED) is 0.326. The van der Waals surface area contributed by atoms with E-state index in [4.69, 9.17) is 4.74 Å². The van der Waals surface area contributed by atoms with E-state index in [0.29, 0.717) is 4.80 Å². The van der Waals surface area contributed by atoms with Crippen molar-refractivity contribution in [2.24, 2.45) is 5.10 Å². The Morgan fingerprint density at radius 1 is 1.16 bits per heavy atom. The Bertz CT molecular complexity index is 1230. The molecule has 0 aliphatic carbocycles. The molecule has 31 heavy (non-hydrogen) atoms. The molecule has 10 heteroatoms. The second kappa shape index (κ2) is 9.90. The maximum Gasteiger partial charge on any atom is 0.250 e. The van der Waals surface area contributed by atoms with Crippen LogP contribution in [0.1, 0.15) is 5.01 Å². The highest BCUT2D eigenvalue weighted by Crippen LogP contribution is 2.25. The molecule has 0 spiro atoms. The number of aryl methyl sites for hydroxylation is 1. The summed E-state index contributed by atoms with van der Waals surface area (Å²) in [6.45, 7) is 1.89. The third kappa shape index (κ3) is 5.22. The molecular weight excluding hydrogens is 450 g/mol. The van der Waals surface area contributed by atoms with E-state index in [9.17, 15) is 4.79 Å². The minimum Gasteiger partial charge on any atom is -0.497 e. The number of benzene rings is 2. The molecule has 1 N–H and O–H groups in total. The van der Waals surface area contributed by atoms with Crippen molar-refractivity contribution in [2.45, 2.75) is 11.3 Å². The van der Waals surface area contributed by atoms with Gasteiger partial charge in [-0.15, -0.1) is 26.6 Å². The molecule has 4 rings (SSSR count). The van der Waals surface area contributed by atoms with Crippen LogP contribution in [-0.2, 0) is 4.79 Å². The Hall–Kier alpha value is -2.95. The zero-order valence-corrected chi connectivity index (χ0v) is 19.3. The number of thiazole rings is 1. The van der Waals surface area contributed by atoms with Gasteiger partial charge < -0.3 is 4.74 Å². The Morgan fingerprint density at radius 2 is 1.94 bits per heavy atom. The van der Waals surface area contributed by atoms with Crippen LogP contribution >= 0.6 is 34.4 Å². The number of nitrogens with one attached hydrogen (secondary N) is 1. The molecule has 2 heterocycles. The number of amides is 1. The molecule has 0 aliphatic heterocycles. The lowest BCUT2D eigenvalue weighted by Crippen LogP contribution is -2.25. The van der Waals surface area contributed by atoms with Crippen LogP contribution in [0.25, 0.3) is 16.9 Å². The summed E-state index contributed by atoms with van der Waals surface area (Å²) in [7, 11) is 1.65. The Morgan fingerprint density at radius 3 is 2.61 bits per heavy atom. The number of para-hydroxylation sites is 1. The van der Waals surface area contributed by atoms with Crippen LogP contribution in [0.2, 0.25) is 0 Å². The minimum atomic E-state index is -0.197. The normalized spacial score (nSPS) is 11.5. The molecule has 4 aromatic rings. The number of hydrogen-bond donors (Lipinski definition) is 1. The highest BCUT2D eigenvalue weighted by atomic mass is 32.2. The highest BCUT2D eigenvalue weighted by molar-refractivity contribution is 8.01. The largest absolute Gasteiger partial charge is 0.497 e. The first-order valence-electron chi connectivity index (χ1n) is 9.30. The van der Waals surface area contributed by atoms with Crippen molar-refractivity contribution >= 4 is 40.3 Å². The van der Waals surface area contributed by atoms with Crippen LogP contribution in [0, 0.1) is 6.92 Å². The molecule has 1 amide bonds. The number of aromatic nitrogens is 3. The fourth-order valence-corrected chi connectivity index (χ4v) is 5.26. The first-order chi connectivity index (χ1) is 15.1. The molecular formula is C21H19N5O2S3. The summed E-state index contributed by atoms with van der Waals surface area (Å²) in [5.41, 5.74) is 5.62. The van der Waals surface area contributed by atoms with E-state index >= 15 is 0 Å². The number of hydrogen-bond acceptors (Lipinski definition) is 8. The van der Waals surface area contributed by atoms with E-state index in [1.165, 1.54) is 34.4 Å². The zero-order chi connectivity index (χ0) is 21.6. The standard InChI is InChI=1S/C21H19N5O2S3/c1-14-22-25-21(31-14)30-13-19(27)23-24-20-26(16-6-4-3-5-7-16)18(12-29-20)15-8-10-17(28-2)11-9-15/h3-12H,13H2,1-2H3,(H,23,27)/b24-20+. The lowest BCUT2D eigenvalue weighted by molar-refractivity contribution is -0.118. The summed E-state index contributed by atoms with van der Waals surface area (Å²) < 4.78 is 8.06. The maximum atomic E-state index is 12.3. The molecule has 0 bridgehead atoms. The smallest absolute Gasteiger partial charge is 0.250 e. The average Bonchev–Trinajstić information content (AvgIpc) is 3.43. The van der Waals surface area contributed by atoms with Gasteiger partial charge in [-0.25, -0.2) is 5.43 Å². The summed E-state index contributed by atoms with van der Waals surface area (Å²) in [6.07, 6.45) is 0. The van der Waals surface area contributed by atoms with Crippen molar-refractivity contribution in [3.05, 3.63) is 69.8 Å². The lowest BCUT2D eigenvalue weighted by Gasteiger charge is -2.10.